The highest BCUT2D eigenvalue weighted by Crippen LogP contribution is 2.44. The summed E-state index contributed by atoms with van der Waals surface area (Å²) in [4.78, 5) is 0. The molecule has 1 aliphatic heterocycles. The van der Waals surface area contributed by atoms with Crippen molar-refractivity contribution in [1.29, 1.82) is 0 Å². The number of benzene rings is 2. The second-order valence-corrected chi connectivity index (χ2v) is 13.0. The second-order valence-electron chi connectivity index (χ2n) is 8.63. The van der Waals surface area contributed by atoms with Crippen molar-refractivity contribution in [3.8, 4) is 5.75 Å². The molecule has 2 N–H and O–H groups in total. The van der Waals surface area contributed by atoms with Gasteiger partial charge >= 0.3 is 0 Å². The molecule has 29 heavy (non-hydrogen) atoms. The zero-order chi connectivity index (χ0) is 20.9. The van der Waals surface area contributed by atoms with Crippen LogP contribution in [-0.4, -0.2) is 39.6 Å². The van der Waals surface area contributed by atoms with E-state index in [2.05, 4.69) is 75.1 Å². The standard InChI is InChI=1S/C25H29N2OSi/c1-16-7-10-19-23(13-16)29(5,6)24-15-18(27(2)3)9-11-20(24)25(19)21-14-17(26)8-12-22(21)28-4/h7-15H,26H2,1-6H3/q+1. The number of anilines is 1. The van der Waals surface area contributed by atoms with Crippen LogP contribution in [0.15, 0.2) is 65.4 Å². The molecule has 3 nitrogen and oxygen atoms in total. The molecule has 0 atom stereocenters. The summed E-state index contributed by atoms with van der Waals surface area (Å²) >= 11 is 0. The van der Waals surface area contributed by atoms with Gasteiger partial charge in [0.05, 0.1) is 7.11 Å². The van der Waals surface area contributed by atoms with Gasteiger partial charge in [-0.25, -0.2) is 4.58 Å². The van der Waals surface area contributed by atoms with Crippen molar-refractivity contribution < 1.29 is 9.31 Å². The molecule has 0 saturated heterocycles. The second kappa shape index (κ2) is 6.89. The monoisotopic (exact) mass is 401 g/mol. The van der Waals surface area contributed by atoms with E-state index in [-0.39, 0.29) is 0 Å². The zero-order valence-electron chi connectivity index (χ0n) is 18.1. The van der Waals surface area contributed by atoms with E-state index in [1.54, 1.807) is 7.11 Å². The molecule has 0 unspecified atom stereocenters. The Balaban J connectivity index is 2.14. The maximum Gasteiger partial charge on any atom is 0.199 e. The van der Waals surface area contributed by atoms with E-state index in [1.807, 2.05) is 18.2 Å². The lowest BCUT2D eigenvalue weighted by Gasteiger charge is -2.38. The molecule has 2 aliphatic rings. The average Bonchev–Trinajstić information content (AvgIpc) is 2.68. The number of hydrogen-bond donors (Lipinski definition) is 1. The van der Waals surface area contributed by atoms with Crippen molar-refractivity contribution in [1.82, 2.24) is 0 Å². The van der Waals surface area contributed by atoms with Crippen LogP contribution in [0.1, 0.15) is 16.7 Å². The molecule has 1 aliphatic carbocycles. The lowest BCUT2D eigenvalue weighted by Crippen LogP contribution is -2.49. The Labute approximate surface area is 174 Å². The SMILES string of the molecule is COc1ccc(N)cc1C1=C2C=CC(=[N+](C)C)C=C2[Si](C)(C)c2cc(C)ccc21. The minimum Gasteiger partial charge on any atom is -0.496 e. The van der Waals surface area contributed by atoms with Crippen LogP contribution in [0, 0.1) is 6.92 Å². The fourth-order valence-electron chi connectivity index (χ4n) is 4.44. The van der Waals surface area contributed by atoms with Gasteiger partial charge in [0.1, 0.15) is 27.9 Å². The van der Waals surface area contributed by atoms with Gasteiger partial charge in [0, 0.05) is 23.4 Å². The molecule has 1 heterocycles. The van der Waals surface area contributed by atoms with Gasteiger partial charge in [-0.05, 0) is 58.3 Å². The van der Waals surface area contributed by atoms with Gasteiger partial charge in [-0.1, -0.05) is 36.9 Å². The predicted molar refractivity (Wildman–Crippen MR) is 126 cm³/mol. The van der Waals surface area contributed by atoms with Crippen LogP contribution in [0.3, 0.4) is 0 Å². The van der Waals surface area contributed by atoms with E-state index in [9.17, 15) is 0 Å². The summed E-state index contributed by atoms with van der Waals surface area (Å²) in [6.45, 7) is 7.09. The zero-order valence-corrected chi connectivity index (χ0v) is 19.1. The molecule has 4 rings (SSSR count). The van der Waals surface area contributed by atoms with Gasteiger partial charge in [0.25, 0.3) is 0 Å². The topological polar surface area (TPSA) is 38.3 Å². The minimum atomic E-state index is -1.88. The molecule has 148 valence electrons. The van der Waals surface area contributed by atoms with Crippen LogP contribution < -0.4 is 15.7 Å². The quantitative estimate of drug-likeness (QED) is 0.468. The Morgan fingerprint density at radius 2 is 1.72 bits per heavy atom. The summed E-state index contributed by atoms with van der Waals surface area (Å²) in [5.74, 6) is 0.852. The number of ether oxygens (including phenoxy) is 1. The molecule has 0 fully saturated rings. The number of fused-ring (bicyclic) bond motifs is 2. The molecule has 0 radical (unpaired) electrons. The Morgan fingerprint density at radius 3 is 2.41 bits per heavy atom. The smallest absolute Gasteiger partial charge is 0.199 e. The summed E-state index contributed by atoms with van der Waals surface area (Å²) in [7, 11) is 4.05. The number of nitrogens with zero attached hydrogens (tertiary/aromatic N) is 1. The summed E-state index contributed by atoms with van der Waals surface area (Å²) < 4.78 is 7.93. The summed E-state index contributed by atoms with van der Waals surface area (Å²) in [6, 6.07) is 12.8. The van der Waals surface area contributed by atoms with Gasteiger partial charge in [-0.3, -0.25) is 0 Å². The molecular formula is C25H29N2OSi+. The average molecular weight is 402 g/mol. The Hall–Kier alpha value is -2.85. The van der Waals surface area contributed by atoms with Crippen LogP contribution in [0.5, 0.6) is 5.75 Å². The Bertz CT molecular complexity index is 1150. The fraction of sp³-hybridized carbons (Fsp3) is 0.240. The van der Waals surface area contributed by atoms with Gasteiger partial charge < -0.3 is 10.5 Å². The molecule has 0 aromatic heterocycles. The van der Waals surface area contributed by atoms with Crippen LogP contribution in [0.4, 0.5) is 5.69 Å². The minimum absolute atomic E-state index is 0.746. The lowest BCUT2D eigenvalue weighted by atomic mass is 9.88. The van der Waals surface area contributed by atoms with Crippen molar-refractivity contribution in [3.05, 3.63) is 82.1 Å². The fourth-order valence-corrected chi connectivity index (χ4v) is 7.59. The molecule has 2 aromatic rings. The number of methoxy groups -OCH3 is 1. The highest BCUT2D eigenvalue weighted by atomic mass is 28.3. The molecule has 4 heteroatoms. The third-order valence-electron chi connectivity index (χ3n) is 6.07. The van der Waals surface area contributed by atoms with Gasteiger partial charge in [-0.2, -0.15) is 0 Å². The van der Waals surface area contributed by atoms with Gasteiger partial charge in [0.2, 0.25) is 0 Å². The number of allylic oxidation sites excluding steroid dienone is 5. The number of rotatable bonds is 2. The van der Waals surface area contributed by atoms with E-state index in [0.29, 0.717) is 0 Å². The van der Waals surface area contributed by atoms with E-state index in [1.165, 1.54) is 38.4 Å². The van der Waals surface area contributed by atoms with Gasteiger partial charge in [0.15, 0.2) is 5.71 Å². The van der Waals surface area contributed by atoms with Crippen molar-refractivity contribution in [2.24, 2.45) is 0 Å². The summed E-state index contributed by atoms with van der Waals surface area (Å²) in [5, 5.41) is 2.93. The summed E-state index contributed by atoms with van der Waals surface area (Å²) in [6.07, 6.45) is 6.87. The lowest BCUT2D eigenvalue weighted by molar-refractivity contribution is -0.462. The first-order valence-corrected chi connectivity index (χ1v) is 13.0. The third kappa shape index (κ3) is 3.08. The van der Waals surface area contributed by atoms with Crippen LogP contribution in [0.2, 0.25) is 13.1 Å². The Kier molecular flexibility index (Phi) is 4.62. The number of nitrogen functional groups attached to an aromatic ring is 1. The molecular weight excluding hydrogens is 372 g/mol. The molecule has 0 bridgehead atoms. The van der Waals surface area contributed by atoms with Gasteiger partial charge in [-0.15, -0.1) is 0 Å². The van der Waals surface area contributed by atoms with Crippen molar-refractivity contribution in [2.45, 2.75) is 20.0 Å². The number of hydrogen-bond acceptors (Lipinski definition) is 2. The van der Waals surface area contributed by atoms with E-state index < -0.39 is 8.07 Å². The number of aryl methyl sites for hydroxylation is 1. The third-order valence-corrected chi connectivity index (χ3v) is 9.59. The van der Waals surface area contributed by atoms with E-state index in [4.69, 9.17) is 10.5 Å². The predicted octanol–water partition coefficient (Wildman–Crippen LogP) is 4.07. The molecule has 2 aromatic carbocycles. The van der Waals surface area contributed by atoms with Crippen LogP contribution in [0.25, 0.3) is 5.57 Å². The van der Waals surface area contributed by atoms with E-state index in [0.717, 1.165) is 17.0 Å². The first-order valence-electron chi connectivity index (χ1n) is 9.98. The maximum atomic E-state index is 6.20. The normalized spacial score (nSPS) is 16.9. The van der Waals surface area contributed by atoms with Crippen molar-refractivity contribution in [3.63, 3.8) is 0 Å². The molecule has 0 saturated carbocycles. The molecule has 0 spiro atoms. The Morgan fingerprint density at radius 1 is 0.966 bits per heavy atom. The highest BCUT2D eigenvalue weighted by Gasteiger charge is 2.40. The first-order chi connectivity index (χ1) is 13.7. The van der Waals surface area contributed by atoms with Crippen LogP contribution in [-0.2, 0) is 0 Å². The van der Waals surface area contributed by atoms with Crippen LogP contribution >= 0.6 is 0 Å². The summed E-state index contributed by atoms with van der Waals surface area (Å²) in [5.41, 5.74) is 14.4. The maximum absolute atomic E-state index is 6.20. The van der Waals surface area contributed by atoms with E-state index >= 15 is 0 Å². The van der Waals surface area contributed by atoms with Crippen molar-refractivity contribution in [2.75, 3.05) is 26.9 Å². The number of nitrogens with two attached hydrogens (primary N) is 1. The molecule has 0 amide bonds. The highest BCUT2D eigenvalue weighted by molar-refractivity contribution is 6.98. The van der Waals surface area contributed by atoms with Crippen molar-refractivity contribution >= 4 is 30.2 Å². The largest absolute Gasteiger partial charge is 0.496 e. The first kappa shape index (κ1) is 19.5.